The molecular weight excluding hydrogens is 350 g/mol. The monoisotopic (exact) mass is 383 g/mol. The molecule has 3 fully saturated rings. The molecule has 2 bridgehead atoms. The Bertz CT molecular complexity index is 670. The number of benzene rings is 1. The van der Waals surface area contributed by atoms with E-state index in [0.29, 0.717) is 24.7 Å². The lowest BCUT2D eigenvalue weighted by Crippen LogP contribution is -2.41. The van der Waals surface area contributed by atoms with E-state index in [2.05, 4.69) is 15.1 Å². The first-order valence-corrected chi connectivity index (χ1v) is 11.0. The van der Waals surface area contributed by atoms with E-state index in [1.165, 1.54) is 25.8 Å². The molecule has 1 N–H and O–H groups in total. The minimum absolute atomic E-state index is 0.0876. The first kappa shape index (κ1) is 19.4. The topological polar surface area (TPSA) is 52.7 Å². The summed E-state index contributed by atoms with van der Waals surface area (Å²) in [6.07, 6.45) is 8.29. The molecular formula is C23H33N3O2. The number of para-hydroxylation sites is 1. The summed E-state index contributed by atoms with van der Waals surface area (Å²) in [7, 11) is 0. The van der Waals surface area contributed by atoms with E-state index in [-0.39, 0.29) is 5.91 Å². The van der Waals surface area contributed by atoms with E-state index < -0.39 is 0 Å². The van der Waals surface area contributed by atoms with E-state index in [4.69, 9.17) is 0 Å². The fourth-order valence-corrected chi connectivity index (χ4v) is 5.25. The standard InChI is InChI=1S/C23H33N3O2/c27-22(24-20-4-2-1-3-5-20)9-7-18-10-13-25(14-11-18)23(28)12-15-26-17-19-6-8-21(26)16-19/h1-5,18-19,21H,6-17H2,(H,24,27)/t19-,21-/m0/s1. The van der Waals surface area contributed by atoms with E-state index in [9.17, 15) is 9.59 Å². The Hall–Kier alpha value is -1.88. The Morgan fingerprint density at radius 1 is 1.00 bits per heavy atom. The van der Waals surface area contributed by atoms with Crippen LogP contribution in [0.2, 0.25) is 0 Å². The largest absolute Gasteiger partial charge is 0.343 e. The number of fused-ring (bicyclic) bond motifs is 2. The minimum atomic E-state index is 0.0876. The molecule has 1 saturated carbocycles. The highest BCUT2D eigenvalue weighted by atomic mass is 16.2. The van der Waals surface area contributed by atoms with Crippen LogP contribution in [0.5, 0.6) is 0 Å². The summed E-state index contributed by atoms with van der Waals surface area (Å²) in [6, 6.07) is 10.4. The number of hydrogen-bond donors (Lipinski definition) is 1. The van der Waals surface area contributed by atoms with Gasteiger partial charge in [0.2, 0.25) is 11.8 Å². The Kier molecular flexibility index (Phi) is 6.30. The van der Waals surface area contributed by atoms with Crippen molar-refractivity contribution >= 4 is 17.5 Å². The lowest BCUT2D eigenvalue weighted by molar-refractivity contribution is -0.133. The van der Waals surface area contributed by atoms with Gasteiger partial charge in [0.15, 0.2) is 0 Å². The van der Waals surface area contributed by atoms with Gasteiger partial charge in [-0.25, -0.2) is 0 Å². The maximum absolute atomic E-state index is 12.6. The maximum Gasteiger partial charge on any atom is 0.224 e. The lowest BCUT2D eigenvalue weighted by Gasteiger charge is -2.33. The second-order valence-electron chi connectivity index (χ2n) is 8.85. The number of piperidine rings is 2. The van der Waals surface area contributed by atoms with Gasteiger partial charge in [-0.2, -0.15) is 0 Å². The van der Waals surface area contributed by atoms with Crippen LogP contribution in [0.15, 0.2) is 30.3 Å². The van der Waals surface area contributed by atoms with Crippen LogP contribution in [0.4, 0.5) is 5.69 Å². The third-order valence-corrected chi connectivity index (χ3v) is 6.94. The molecule has 0 spiro atoms. The van der Waals surface area contributed by atoms with Crippen molar-refractivity contribution in [3.8, 4) is 0 Å². The highest BCUT2D eigenvalue weighted by molar-refractivity contribution is 5.90. The third-order valence-electron chi connectivity index (χ3n) is 6.94. The summed E-state index contributed by atoms with van der Waals surface area (Å²) in [5.41, 5.74) is 0.860. The highest BCUT2D eigenvalue weighted by Crippen LogP contribution is 2.37. The van der Waals surface area contributed by atoms with Crippen LogP contribution in [0, 0.1) is 11.8 Å². The van der Waals surface area contributed by atoms with E-state index in [1.54, 1.807) is 0 Å². The van der Waals surface area contributed by atoms with Gasteiger partial charge in [0.05, 0.1) is 0 Å². The molecule has 2 aliphatic heterocycles. The average Bonchev–Trinajstić information content (AvgIpc) is 3.35. The summed E-state index contributed by atoms with van der Waals surface area (Å²) >= 11 is 0. The first-order chi connectivity index (χ1) is 13.7. The molecule has 1 aliphatic carbocycles. The molecule has 2 saturated heterocycles. The van der Waals surface area contributed by atoms with Gasteiger partial charge in [-0.1, -0.05) is 18.2 Å². The molecule has 152 valence electrons. The van der Waals surface area contributed by atoms with Crippen LogP contribution in [0.25, 0.3) is 0 Å². The fraction of sp³-hybridized carbons (Fsp3) is 0.652. The predicted molar refractivity (Wildman–Crippen MR) is 111 cm³/mol. The van der Waals surface area contributed by atoms with Gasteiger partial charge >= 0.3 is 0 Å². The van der Waals surface area contributed by atoms with Crippen LogP contribution in [-0.4, -0.2) is 53.8 Å². The summed E-state index contributed by atoms with van der Waals surface area (Å²) < 4.78 is 0. The van der Waals surface area contributed by atoms with Crippen molar-refractivity contribution in [1.82, 2.24) is 9.80 Å². The zero-order valence-electron chi connectivity index (χ0n) is 16.8. The number of nitrogens with one attached hydrogen (secondary N) is 1. The summed E-state index contributed by atoms with van der Waals surface area (Å²) in [4.78, 5) is 29.3. The van der Waals surface area contributed by atoms with E-state index in [0.717, 1.165) is 56.5 Å². The van der Waals surface area contributed by atoms with Crippen LogP contribution < -0.4 is 5.32 Å². The van der Waals surface area contributed by atoms with Crippen molar-refractivity contribution in [2.75, 3.05) is 31.5 Å². The Balaban J connectivity index is 1.11. The molecule has 2 amide bonds. The maximum atomic E-state index is 12.6. The molecule has 0 radical (unpaired) electrons. The van der Waals surface area contributed by atoms with Gasteiger partial charge in [0.25, 0.3) is 0 Å². The summed E-state index contributed by atoms with van der Waals surface area (Å²) in [6.45, 7) is 3.87. The average molecular weight is 384 g/mol. The van der Waals surface area contributed by atoms with Crippen LogP contribution in [0.3, 0.4) is 0 Å². The smallest absolute Gasteiger partial charge is 0.224 e. The number of amides is 2. The van der Waals surface area contributed by atoms with Crippen molar-refractivity contribution in [1.29, 1.82) is 0 Å². The van der Waals surface area contributed by atoms with Gasteiger partial charge < -0.3 is 10.2 Å². The van der Waals surface area contributed by atoms with Crippen LogP contribution in [0.1, 0.15) is 51.4 Å². The quantitative estimate of drug-likeness (QED) is 0.784. The normalized spacial score (nSPS) is 25.2. The number of anilines is 1. The molecule has 1 aromatic rings. The second-order valence-corrected chi connectivity index (χ2v) is 8.85. The zero-order valence-corrected chi connectivity index (χ0v) is 16.8. The molecule has 5 heteroatoms. The van der Waals surface area contributed by atoms with Crippen LogP contribution in [-0.2, 0) is 9.59 Å². The Morgan fingerprint density at radius 2 is 1.79 bits per heavy atom. The molecule has 1 aromatic carbocycles. The number of nitrogens with zero attached hydrogens (tertiary/aromatic N) is 2. The van der Waals surface area contributed by atoms with Crippen molar-refractivity contribution in [2.45, 2.75) is 57.4 Å². The predicted octanol–water partition coefficient (Wildman–Crippen LogP) is 3.52. The van der Waals surface area contributed by atoms with Crippen molar-refractivity contribution in [3.05, 3.63) is 30.3 Å². The van der Waals surface area contributed by atoms with Gasteiger partial charge in [-0.05, 0) is 62.5 Å². The SMILES string of the molecule is O=C(CCC1CCN(C(=O)CCN2C[C@H]3CC[C@H]2C3)CC1)Nc1ccccc1. The number of carbonyl (C=O) groups is 2. The van der Waals surface area contributed by atoms with Crippen molar-refractivity contribution in [2.24, 2.45) is 11.8 Å². The molecule has 4 rings (SSSR count). The van der Waals surface area contributed by atoms with Crippen molar-refractivity contribution < 1.29 is 9.59 Å². The molecule has 2 heterocycles. The summed E-state index contributed by atoms with van der Waals surface area (Å²) in [5.74, 6) is 1.86. The van der Waals surface area contributed by atoms with Crippen molar-refractivity contribution in [3.63, 3.8) is 0 Å². The molecule has 0 unspecified atom stereocenters. The van der Waals surface area contributed by atoms with E-state index >= 15 is 0 Å². The lowest BCUT2D eigenvalue weighted by atomic mass is 9.92. The molecule has 5 nitrogen and oxygen atoms in total. The second kappa shape index (κ2) is 9.08. The Morgan fingerprint density at radius 3 is 2.46 bits per heavy atom. The minimum Gasteiger partial charge on any atom is -0.343 e. The molecule has 2 atom stereocenters. The van der Waals surface area contributed by atoms with Gasteiger partial charge in [-0.3, -0.25) is 14.5 Å². The molecule has 0 aromatic heterocycles. The summed E-state index contributed by atoms with van der Waals surface area (Å²) in [5, 5.41) is 2.96. The number of hydrogen-bond acceptors (Lipinski definition) is 3. The van der Waals surface area contributed by atoms with Gasteiger partial charge in [0, 0.05) is 50.7 Å². The van der Waals surface area contributed by atoms with Gasteiger partial charge in [-0.15, -0.1) is 0 Å². The zero-order chi connectivity index (χ0) is 19.3. The number of likely N-dealkylation sites (tertiary alicyclic amines) is 2. The molecule has 28 heavy (non-hydrogen) atoms. The van der Waals surface area contributed by atoms with E-state index in [1.807, 2.05) is 30.3 Å². The number of rotatable bonds is 7. The van der Waals surface area contributed by atoms with Gasteiger partial charge in [0.1, 0.15) is 0 Å². The highest BCUT2D eigenvalue weighted by Gasteiger charge is 2.37. The van der Waals surface area contributed by atoms with Crippen LogP contribution >= 0.6 is 0 Å². The third kappa shape index (κ3) is 4.93. The first-order valence-electron chi connectivity index (χ1n) is 11.0. The number of carbonyl (C=O) groups excluding carboxylic acids is 2. The molecule has 3 aliphatic rings. The Labute approximate surface area is 168 Å². The fourth-order valence-electron chi connectivity index (χ4n) is 5.25.